The molecule has 55 heavy (non-hydrogen) atoms. The number of rotatable bonds is 14. The molecule has 4 rings (SSSR count). The number of anilines is 1. The average Bonchev–Trinajstić information content (AvgIpc) is 3.13. The molecule has 3 aromatic rings. The maximum Gasteiger partial charge on any atom is 0.407 e. The van der Waals surface area contributed by atoms with Crippen molar-refractivity contribution in [2.75, 3.05) is 38.2 Å². The Kier molecular flexibility index (Phi) is 14.7. The van der Waals surface area contributed by atoms with Crippen molar-refractivity contribution >= 4 is 29.9 Å². The number of nitrogens with one attached hydrogen (secondary N) is 3. The minimum Gasteiger partial charge on any atom is -0.465 e. The Morgan fingerprint density at radius 1 is 0.945 bits per heavy atom. The molecule has 2 heterocycles. The molecule has 13 nitrogen and oxygen atoms in total. The third-order valence-electron chi connectivity index (χ3n) is 8.33. The highest BCUT2D eigenvalue weighted by Gasteiger charge is 2.36. The van der Waals surface area contributed by atoms with Gasteiger partial charge in [0.25, 0.3) is 0 Å². The largest absolute Gasteiger partial charge is 0.465 e. The van der Waals surface area contributed by atoms with Gasteiger partial charge in [0.2, 0.25) is 5.91 Å². The van der Waals surface area contributed by atoms with E-state index in [1.807, 2.05) is 0 Å². The van der Waals surface area contributed by atoms with E-state index in [9.17, 15) is 46.2 Å². The van der Waals surface area contributed by atoms with Crippen molar-refractivity contribution in [3.8, 4) is 0 Å². The van der Waals surface area contributed by atoms with Gasteiger partial charge < -0.3 is 35.3 Å². The first kappa shape index (κ1) is 42.2. The topological polar surface area (TPSA) is 168 Å². The van der Waals surface area contributed by atoms with E-state index >= 15 is 4.39 Å². The number of amides is 4. The lowest BCUT2D eigenvalue weighted by Crippen LogP contribution is -2.54. The van der Waals surface area contributed by atoms with E-state index in [0.717, 1.165) is 41.6 Å². The monoisotopic (exact) mass is 783 g/mol. The Hall–Kier alpha value is -5.59. The SMILES string of the molecule is CC(C)COC(=O)N[C@H](C(=O)Nc1cncc(F)c1CC[C@@H]1CN(C(=O)O)[C@H](COC(=O)NCC(F)(F)F)CO1)C(c1ccc(F)cc1)c1ccc(F)cc1. The fourth-order valence-electron chi connectivity index (χ4n) is 5.67. The van der Waals surface area contributed by atoms with E-state index in [2.05, 4.69) is 15.6 Å². The molecule has 3 atom stereocenters. The summed E-state index contributed by atoms with van der Waals surface area (Å²) < 4.78 is 96.2. The molecule has 0 aliphatic carbocycles. The van der Waals surface area contributed by atoms with E-state index in [4.69, 9.17) is 14.2 Å². The van der Waals surface area contributed by atoms with Gasteiger partial charge in [-0.15, -0.1) is 0 Å². The van der Waals surface area contributed by atoms with Crippen LogP contribution in [0.15, 0.2) is 60.9 Å². The van der Waals surface area contributed by atoms with E-state index in [1.165, 1.54) is 29.6 Å². The van der Waals surface area contributed by atoms with Gasteiger partial charge in [-0.2, -0.15) is 13.2 Å². The summed E-state index contributed by atoms with van der Waals surface area (Å²) in [7, 11) is 0. The van der Waals surface area contributed by atoms with Gasteiger partial charge in [0.1, 0.15) is 36.6 Å². The number of pyridine rings is 1. The molecule has 0 saturated carbocycles. The summed E-state index contributed by atoms with van der Waals surface area (Å²) in [4.78, 5) is 55.5. The minimum atomic E-state index is -4.68. The molecule has 0 radical (unpaired) electrons. The summed E-state index contributed by atoms with van der Waals surface area (Å²) in [6.45, 7) is 0.776. The maximum atomic E-state index is 15.3. The Bertz CT molecular complexity index is 1740. The molecule has 1 aromatic heterocycles. The Labute approximate surface area is 311 Å². The van der Waals surface area contributed by atoms with Crippen molar-refractivity contribution in [3.05, 3.63) is 95.1 Å². The molecule has 4 N–H and O–H groups in total. The Morgan fingerprint density at radius 2 is 1.56 bits per heavy atom. The van der Waals surface area contributed by atoms with Gasteiger partial charge in [0, 0.05) is 11.5 Å². The van der Waals surface area contributed by atoms with Crippen LogP contribution in [0.4, 0.5) is 46.4 Å². The van der Waals surface area contributed by atoms with Gasteiger partial charge in [-0.1, -0.05) is 38.1 Å². The minimum absolute atomic E-state index is 0.00348. The first-order valence-corrected chi connectivity index (χ1v) is 17.0. The Balaban J connectivity index is 1.53. The van der Waals surface area contributed by atoms with Crippen LogP contribution in [0.2, 0.25) is 0 Å². The number of carbonyl (C=O) groups excluding carboxylic acids is 3. The molecule has 19 heteroatoms. The smallest absolute Gasteiger partial charge is 0.407 e. The van der Waals surface area contributed by atoms with Gasteiger partial charge in [-0.25, -0.2) is 27.6 Å². The standard InChI is InChI=1S/C36H39F6N5O8/c1-20(2)16-54-34(50)46-31(30(21-3-7-23(37)8-4-21)22-5-9-24(38)10-6-22)32(48)45-29-14-43-13-28(39)27(29)12-11-26-15-47(35(51)52)25(17-53-26)18-55-33(49)44-19-36(40,41)42/h3-10,13-14,20,25-26,30-31H,11-12,15-19H2,1-2H3,(H,44,49)(H,45,48)(H,46,50)(H,51,52)/t25-,26+,31-/m0/s1. The summed E-state index contributed by atoms with van der Waals surface area (Å²) in [6.07, 6.45) is -7.37. The van der Waals surface area contributed by atoms with Crippen LogP contribution in [-0.4, -0.2) is 96.5 Å². The summed E-state index contributed by atoms with van der Waals surface area (Å²) in [5.41, 5.74) is 0.559. The molecule has 1 fully saturated rings. The number of carbonyl (C=O) groups is 4. The van der Waals surface area contributed by atoms with E-state index in [1.54, 1.807) is 13.8 Å². The van der Waals surface area contributed by atoms with Crippen LogP contribution in [0.1, 0.15) is 42.9 Å². The summed E-state index contributed by atoms with van der Waals surface area (Å²) >= 11 is 0. The number of benzene rings is 2. The quantitative estimate of drug-likeness (QED) is 0.144. The highest BCUT2D eigenvalue weighted by molar-refractivity contribution is 5.98. The first-order chi connectivity index (χ1) is 26.0. The van der Waals surface area contributed by atoms with Crippen molar-refractivity contribution < 1.29 is 64.8 Å². The maximum absolute atomic E-state index is 15.3. The number of nitrogens with zero attached hydrogens (tertiary/aromatic N) is 2. The van der Waals surface area contributed by atoms with Crippen LogP contribution < -0.4 is 16.0 Å². The van der Waals surface area contributed by atoms with Gasteiger partial charge in [-0.3, -0.25) is 14.7 Å². The van der Waals surface area contributed by atoms with Gasteiger partial charge in [-0.05, 0) is 54.2 Å². The molecule has 298 valence electrons. The molecule has 0 spiro atoms. The third-order valence-corrected chi connectivity index (χ3v) is 8.33. The van der Waals surface area contributed by atoms with E-state index < -0.39 is 85.1 Å². The summed E-state index contributed by atoms with van der Waals surface area (Å²) in [6, 6.07) is 7.62. The van der Waals surface area contributed by atoms with Crippen molar-refractivity contribution in [1.29, 1.82) is 0 Å². The fraction of sp³-hybridized carbons (Fsp3) is 0.417. The zero-order valence-electron chi connectivity index (χ0n) is 29.6. The van der Waals surface area contributed by atoms with Crippen LogP contribution >= 0.6 is 0 Å². The molecule has 1 saturated heterocycles. The Morgan fingerprint density at radius 3 is 2.13 bits per heavy atom. The van der Waals surface area contributed by atoms with Crippen molar-refractivity contribution in [1.82, 2.24) is 20.5 Å². The van der Waals surface area contributed by atoms with Crippen LogP contribution in [-0.2, 0) is 25.4 Å². The number of hydrogen-bond acceptors (Lipinski definition) is 8. The lowest BCUT2D eigenvalue weighted by Gasteiger charge is -2.37. The molecule has 1 aliphatic heterocycles. The van der Waals surface area contributed by atoms with Crippen molar-refractivity contribution in [2.45, 2.75) is 57.0 Å². The molecule has 4 amide bonds. The van der Waals surface area contributed by atoms with Crippen LogP contribution in [0, 0.1) is 23.4 Å². The van der Waals surface area contributed by atoms with Crippen molar-refractivity contribution in [2.24, 2.45) is 5.92 Å². The lowest BCUT2D eigenvalue weighted by atomic mass is 9.84. The highest BCUT2D eigenvalue weighted by atomic mass is 19.4. The number of alkyl halides is 3. The average molecular weight is 784 g/mol. The summed E-state index contributed by atoms with van der Waals surface area (Å²) in [5, 5.41) is 16.4. The zero-order chi connectivity index (χ0) is 40.3. The van der Waals surface area contributed by atoms with Crippen molar-refractivity contribution in [3.63, 3.8) is 0 Å². The molecule has 2 aromatic carbocycles. The predicted molar refractivity (Wildman–Crippen MR) is 183 cm³/mol. The zero-order valence-corrected chi connectivity index (χ0v) is 29.6. The predicted octanol–water partition coefficient (Wildman–Crippen LogP) is 5.99. The first-order valence-electron chi connectivity index (χ1n) is 17.0. The molecular formula is C36H39F6N5O8. The molecular weight excluding hydrogens is 744 g/mol. The number of alkyl carbamates (subject to hydrolysis) is 2. The third kappa shape index (κ3) is 12.8. The number of carboxylic acid groups (broad SMARTS) is 1. The molecule has 0 unspecified atom stereocenters. The summed E-state index contributed by atoms with van der Waals surface area (Å²) in [5.74, 6) is -3.96. The number of aromatic nitrogens is 1. The van der Waals surface area contributed by atoms with Crippen LogP contribution in [0.3, 0.4) is 0 Å². The van der Waals surface area contributed by atoms with Gasteiger partial charge in [0.15, 0.2) is 0 Å². The highest BCUT2D eigenvalue weighted by Crippen LogP contribution is 2.31. The molecule has 0 bridgehead atoms. The van der Waals surface area contributed by atoms with E-state index in [-0.39, 0.29) is 49.8 Å². The number of hydrogen-bond donors (Lipinski definition) is 4. The number of halogens is 6. The second-order valence-electron chi connectivity index (χ2n) is 13.0. The van der Waals surface area contributed by atoms with Gasteiger partial charge in [0.05, 0.1) is 50.0 Å². The number of ether oxygens (including phenoxy) is 3. The van der Waals surface area contributed by atoms with Crippen LogP contribution in [0.5, 0.6) is 0 Å². The van der Waals surface area contributed by atoms with E-state index in [0.29, 0.717) is 11.1 Å². The molecule has 1 aliphatic rings. The number of morpholine rings is 1. The normalized spacial score (nSPS) is 16.4. The lowest BCUT2D eigenvalue weighted by molar-refractivity contribution is -0.124. The second kappa shape index (κ2) is 19.1. The second-order valence-corrected chi connectivity index (χ2v) is 13.0. The fourth-order valence-corrected chi connectivity index (χ4v) is 5.67. The van der Waals surface area contributed by atoms with Crippen LogP contribution in [0.25, 0.3) is 0 Å². The van der Waals surface area contributed by atoms with Gasteiger partial charge >= 0.3 is 24.5 Å².